The zero-order valence-electron chi connectivity index (χ0n) is 7.27. The van der Waals surface area contributed by atoms with Crippen LogP contribution in [0.3, 0.4) is 0 Å². The van der Waals surface area contributed by atoms with Gasteiger partial charge in [0.25, 0.3) is 0 Å². The molecule has 0 amide bonds. The van der Waals surface area contributed by atoms with Crippen molar-refractivity contribution in [2.24, 2.45) is 5.73 Å². The van der Waals surface area contributed by atoms with Gasteiger partial charge >= 0.3 is 6.18 Å². The summed E-state index contributed by atoms with van der Waals surface area (Å²) >= 11 is 0. The van der Waals surface area contributed by atoms with Crippen LogP contribution in [-0.4, -0.2) is 11.2 Å². The SMILES string of the molecule is Cc1nc([C@H](N)C(F)(F)F)ccc1F. The molecule has 0 saturated heterocycles. The van der Waals surface area contributed by atoms with Gasteiger partial charge in [0.1, 0.15) is 11.9 Å². The topological polar surface area (TPSA) is 38.9 Å². The van der Waals surface area contributed by atoms with E-state index in [0.29, 0.717) is 0 Å². The molecule has 1 rings (SSSR count). The molecule has 0 aliphatic rings. The lowest BCUT2D eigenvalue weighted by molar-refractivity contribution is -0.150. The van der Waals surface area contributed by atoms with Crippen molar-refractivity contribution in [1.82, 2.24) is 4.98 Å². The fourth-order valence-electron chi connectivity index (χ4n) is 0.904. The zero-order valence-corrected chi connectivity index (χ0v) is 7.27. The number of alkyl halides is 3. The Labute approximate surface area is 77.7 Å². The van der Waals surface area contributed by atoms with Crippen LogP contribution in [-0.2, 0) is 0 Å². The third-order valence-electron chi connectivity index (χ3n) is 1.71. The molecule has 1 aromatic heterocycles. The molecule has 0 fully saturated rings. The van der Waals surface area contributed by atoms with E-state index in [1.807, 2.05) is 0 Å². The van der Waals surface area contributed by atoms with Crippen LogP contribution in [0, 0.1) is 12.7 Å². The molecule has 78 valence electrons. The monoisotopic (exact) mass is 208 g/mol. The lowest BCUT2D eigenvalue weighted by Gasteiger charge is -2.15. The first-order chi connectivity index (χ1) is 6.32. The lowest BCUT2D eigenvalue weighted by Crippen LogP contribution is -2.29. The van der Waals surface area contributed by atoms with Crippen LogP contribution in [0.4, 0.5) is 17.6 Å². The largest absolute Gasteiger partial charge is 0.409 e. The number of hydrogen-bond acceptors (Lipinski definition) is 2. The predicted molar refractivity (Wildman–Crippen MR) is 41.9 cm³/mol. The van der Waals surface area contributed by atoms with Crippen LogP contribution < -0.4 is 5.73 Å². The normalized spacial score (nSPS) is 14.1. The number of pyridine rings is 1. The Hall–Kier alpha value is -1.17. The summed E-state index contributed by atoms with van der Waals surface area (Å²) in [6.45, 7) is 1.28. The van der Waals surface area contributed by atoms with Crippen molar-refractivity contribution in [2.75, 3.05) is 0 Å². The molecule has 0 aliphatic heterocycles. The summed E-state index contributed by atoms with van der Waals surface area (Å²) in [5.41, 5.74) is 4.41. The van der Waals surface area contributed by atoms with Gasteiger partial charge in [0.2, 0.25) is 0 Å². The first-order valence-electron chi connectivity index (χ1n) is 3.77. The molecule has 0 aliphatic carbocycles. The summed E-state index contributed by atoms with van der Waals surface area (Å²) in [5, 5.41) is 0. The lowest BCUT2D eigenvalue weighted by atomic mass is 10.2. The van der Waals surface area contributed by atoms with Crippen molar-refractivity contribution in [3.63, 3.8) is 0 Å². The van der Waals surface area contributed by atoms with Crippen LogP contribution in [0.25, 0.3) is 0 Å². The minimum Gasteiger partial charge on any atom is -0.315 e. The van der Waals surface area contributed by atoms with E-state index in [9.17, 15) is 17.6 Å². The summed E-state index contributed by atoms with van der Waals surface area (Å²) in [6, 6.07) is -0.314. The van der Waals surface area contributed by atoms with Crippen molar-refractivity contribution in [3.8, 4) is 0 Å². The summed E-state index contributed by atoms with van der Waals surface area (Å²) < 4.78 is 49.0. The average molecular weight is 208 g/mol. The second-order valence-electron chi connectivity index (χ2n) is 2.82. The summed E-state index contributed by atoms with van der Waals surface area (Å²) in [7, 11) is 0. The molecule has 0 saturated carbocycles. The van der Waals surface area contributed by atoms with E-state index >= 15 is 0 Å². The molecule has 2 N–H and O–H groups in total. The van der Waals surface area contributed by atoms with Gasteiger partial charge in [-0.15, -0.1) is 0 Å². The van der Waals surface area contributed by atoms with Gasteiger partial charge in [0.05, 0.1) is 11.4 Å². The minimum absolute atomic E-state index is 0.0952. The standard InChI is InChI=1S/C8H8F4N2/c1-4-5(9)2-3-6(14-4)7(13)8(10,11)12/h2-3,7H,13H2,1H3/t7-/m0/s1. The van der Waals surface area contributed by atoms with Gasteiger partial charge in [-0.1, -0.05) is 0 Å². The van der Waals surface area contributed by atoms with E-state index in [-0.39, 0.29) is 11.4 Å². The molecule has 2 nitrogen and oxygen atoms in total. The predicted octanol–water partition coefficient (Wildman–Crippen LogP) is 2.09. The van der Waals surface area contributed by atoms with Crippen LogP contribution in [0.1, 0.15) is 17.4 Å². The van der Waals surface area contributed by atoms with Gasteiger partial charge in [-0.2, -0.15) is 13.2 Å². The fraction of sp³-hybridized carbons (Fsp3) is 0.375. The van der Waals surface area contributed by atoms with E-state index in [0.717, 1.165) is 12.1 Å². The Morgan fingerprint density at radius 2 is 1.93 bits per heavy atom. The van der Waals surface area contributed by atoms with Gasteiger partial charge in [0, 0.05) is 0 Å². The summed E-state index contributed by atoms with van der Waals surface area (Å²) in [4.78, 5) is 3.42. The molecule has 0 radical (unpaired) electrons. The summed E-state index contributed by atoms with van der Waals surface area (Å²) in [5.74, 6) is -0.650. The molecule has 6 heteroatoms. The number of nitrogens with two attached hydrogens (primary N) is 1. The van der Waals surface area contributed by atoms with E-state index in [1.54, 1.807) is 0 Å². The summed E-state index contributed by atoms with van der Waals surface area (Å²) in [6.07, 6.45) is -4.56. The van der Waals surface area contributed by atoms with Crippen LogP contribution in [0.2, 0.25) is 0 Å². The zero-order chi connectivity index (χ0) is 10.9. The number of halogens is 4. The second kappa shape index (κ2) is 3.53. The van der Waals surface area contributed by atoms with Gasteiger partial charge in [-0.3, -0.25) is 4.98 Å². The highest BCUT2D eigenvalue weighted by Crippen LogP contribution is 2.29. The number of aryl methyl sites for hydroxylation is 1. The molecular weight excluding hydrogens is 200 g/mol. The quantitative estimate of drug-likeness (QED) is 0.717. The molecular formula is C8H8F4N2. The minimum atomic E-state index is -4.56. The van der Waals surface area contributed by atoms with E-state index in [1.165, 1.54) is 6.92 Å². The molecule has 1 heterocycles. The highest BCUT2D eigenvalue weighted by atomic mass is 19.4. The Morgan fingerprint density at radius 3 is 2.36 bits per heavy atom. The first kappa shape index (κ1) is 10.9. The van der Waals surface area contributed by atoms with Gasteiger partial charge in [-0.25, -0.2) is 4.39 Å². The average Bonchev–Trinajstić information content (AvgIpc) is 2.07. The Bertz CT molecular complexity index is 335. The maximum absolute atomic E-state index is 12.7. The van der Waals surface area contributed by atoms with E-state index in [4.69, 9.17) is 5.73 Å². The fourth-order valence-corrected chi connectivity index (χ4v) is 0.904. The molecule has 1 atom stereocenters. The van der Waals surface area contributed by atoms with Gasteiger partial charge < -0.3 is 5.73 Å². The van der Waals surface area contributed by atoms with Crippen molar-refractivity contribution < 1.29 is 17.6 Å². The second-order valence-corrected chi connectivity index (χ2v) is 2.82. The van der Waals surface area contributed by atoms with Crippen LogP contribution >= 0.6 is 0 Å². The van der Waals surface area contributed by atoms with Crippen LogP contribution in [0.5, 0.6) is 0 Å². The number of rotatable bonds is 1. The maximum Gasteiger partial charge on any atom is 0.409 e. The maximum atomic E-state index is 12.7. The molecule has 0 aromatic carbocycles. The highest BCUT2D eigenvalue weighted by Gasteiger charge is 2.38. The Morgan fingerprint density at radius 1 is 1.36 bits per heavy atom. The van der Waals surface area contributed by atoms with Gasteiger partial charge in [0.15, 0.2) is 0 Å². The van der Waals surface area contributed by atoms with Crippen molar-refractivity contribution >= 4 is 0 Å². The first-order valence-corrected chi connectivity index (χ1v) is 3.77. The highest BCUT2D eigenvalue weighted by molar-refractivity contribution is 5.16. The molecule has 0 unspecified atom stereocenters. The molecule has 0 bridgehead atoms. The van der Waals surface area contributed by atoms with Gasteiger partial charge in [-0.05, 0) is 19.1 Å². The van der Waals surface area contributed by atoms with Crippen molar-refractivity contribution in [1.29, 1.82) is 0 Å². The Balaban J connectivity index is 3.03. The molecule has 14 heavy (non-hydrogen) atoms. The van der Waals surface area contributed by atoms with E-state index in [2.05, 4.69) is 4.98 Å². The third-order valence-corrected chi connectivity index (χ3v) is 1.71. The molecule has 0 spiro atoms. The Kier molecular flexibility index (Phi) is 2.75. The third kappa shape index (κ3) is 2.20. The molecule has 1 aromatic rings. The van der Waals surface area contributed by atoms with Crippen molar-refractivity contribution in [2.45, 2.75) is 19.1 Å². The number of aromatic nitrogens is 1. The van der Waals surface area contributed by atoms with Crippen LogP contribution in [0.15, 0.2) is 12.1 Å². The smallest absolute Gasteiger partial charge is 0.315 e. The van der Waals surface area contributed by atoms with Crippen molar-refractivity contribution in [3.05, 3.63) is 29.3 Å². The number of hydrogen-bond donors (Lipinski definition) is 1. The van der Waals surface area contributed by atoms with E-state index < -0.39 is 18.0 Å². The number of nitrogens with zero attached hydrogens (tertiary/aromatic N) is 1.